The molecule has 1 fully saturated rings. The number of anilines is 2. The highest BCUT2D eigenvalue weighted by Gasteiger charge is 2.35. The minimum atomic E-state index is -0.563. The summed E-state index contributed by atoms with van der Waals surface area (Å²) in [5.41, 5.74) is 2.01. The number of nitrogens with zero attached hydrogens (tertiary/aromatic N) is 4. The van der Waals surface area contributed by atoms with Gasteiger partial charge in [-0.15, -0.1) is 11.3 Å². The topological polar surface area (TPSA) is 80.1 Å². The number of carbonyl (C=O) groups excluding carboxylic acids is 2. The Balaban J connectivity index is 1.34. The molecule has 1 saturated heterocycles. The Hall–Kier alpha value is -3.92. The van der Waals surface area contributed by atoms with Gasteiger partial charge in [0, 0.05) is 29.6 Å². The van der Waals surface area contributed by atoms with E-state index in [1.165, 1.54) is 52.6 Å². The van der Waals surface area contributed by atoms with Crippen LogP contribution < -0.4 is 10.2 Å². The van der Waals surface area contributed by atoms with Crippen LogP contribution in [0.15, 0.2) is 60.1 Å². The van der Waals surface area contributed by atoms with E-state index in [4.69, 9.17) is 0 Å². The van der Waals surface area contributed by atoms with Crippen LogP contribution in [-0.2, 0) is 9.59 Å². The Kier molecular flexibility index (Phi) is 5.66. The predicted octanol–water partition coefficient (Wildman–Crippen LogP) is 4.57. The van der Waals surface area contributed by atoms with Gasteiger partial charge in [-0.05, 0) is 55.5 Å². The molecule has 3 heterocycles. The molecule has 2 aromatic heterocycles. The highest BCUT2D eigenvalue weighted by atomic mass is 32.1. The maximum Gasteiger partial charge on any atom is 0.230 e. The summed E-state index contributed by atoms with van der Waals surface area (Å²) in [6.45, 7) is 2.00. The molecule has 1 unspecified atom stereocenters. The van der Waals surface area contributed by atoms with Gasteiger partial charge in [0.05, 0.1) is 17.8 Å². The van der Waals surface area contributed by atoms with Gasteiger partial charge >= 0.3 is 0 Å². The third-order valence-corrected chi connectivity index (χ3v) is 6.47. The molecule has 0 bridgehead atoms. The molecule has 2 amide bonds. The molecule has 4 aromatic rings. The molecule has 2 aromatic carbocycles. The zero-order chi connectivity index (χ0) is 23.8. The van der Waals surface area contributed by atoms with Crippen molar-refractivity contribution in [2.75, 3.05) is 16.8 Å². The number of hydrogen-bond acceptors (Lipinski definition) is 5. The Morgan fingerprint density at radius 2 is 1.76 bits per heavy atom. The summed E-state index contributed by atoms with van der Waals surface area (Å²) in [7, 11) is 0. The van der Waals surface area contributed by atoms with E-state index in [-0.39, 0.29) is 30.6 Å². The molecule has 1 N–H and O–H groups in total. The zero-order valence-electron chi connectivity index (χ0n) is 18.0. The van der Waals surface area contributed by atoms with E-state index in [1.54, 1.807) is 29.8 Å². The fourth-order valence-corrected chi connectivity index (χ4v) is 4.77. The van der Waals surface area contributed by atoms with Crippen LogP contribution in [0.1, 0.15) is 12.2 Å². The van der Waals surface area contributed by atoms with Crippen LogP contribution in [-0.4, -0.2) is 32.9 Å². The maximum atomic E-state index is 13.2. The average Bonchev–Trinajstić information content (AvgIpc) is 3.54. The van der Waals surface area contributed by atoms with Crippen LogP contribution in [0.25, 0.3) is 16.4 Å². The first-order valence-corrected chi connectivity index (χ1v) is 11.4. The molecule has 5 rings (SSSR count). The normalized spacial score (nSPS) is 15.7. The highest BCUT2D eigenvalue weighted by molar-refractivity contribution is 7.12. The number of nitrogens with one attached hydrogen (secondary N) is 1. The van der Waals surface area contributed by atoms with Crippen molar-refractivity contribution in [1.82, 2.24) is 14.5 Å². The number of carbonyl (C=O) groups is 2. The lowest BCUT2D eigenvalue weighted by Crippen LogP contribution is -2.28. The van der Waals surface area contributed by atoms with Crippen LogP contribution in [0, 0.1) is 24.5 Å². The molecule has 10 heteroatoms. The number of aromatic nitrogens is 3. The smallest absolute Gasteiger partial charge is 0.230 e. The van der Waals surface area contributed by atoms with Crippen LogP contribution in [0.4, 0.5) is 20.3 Å². The van der Waals surface area contributed by atoms with Crippen LogP contribution in [0.3, 0.4) is 0 Å². The fraction of sp³-hybridized carbons (Fsp3) is 0.167. The SMILES string of the molecule is Cc1ncc(NC(=O)C2CC(=O)N(c3ccc(F)cc3)C2)n1-c1nc(-c2ccc(F)cc2)cs1. The summed E-state index contributed by atoms with van der Waals surface area (Å²) < 4.78 is 28.2. The van der Waals surface area contributed by atoms with Crippen LogP contribution in [0.2, 0.25) is 0 Å². The standard InChI is InChI=1S/C24H19F2N5O2S/c1-14-27-11-21(31(14)24-28-20(13-34-24)15-2-4-17(25)5-3-15)29-23(33)16-10-22(32)30(12-16)19-8-6-18(26)7-9-19/h2-9,11,13,16H,10,12H2,1H3,(H,29,33). The molecule has 7 nitrogen and oxygen atoms in total. The molecular formula is C24H19F2N5O2S. The van der Waals surface area contributed by atoms with Gasteiger partial charge in [0.15, 0.2) is 5.13 Å². The molecule has 34 heavy (non-hydrogen) atoms. The second-order valence-corrected chi connectivity index (χ2v) is 8.76. The van der Waals surface area contributed by atoms with E-state index in [9.17, 15) is 18.4 Å². The molecule has 1 aliphatic heterocycles. The molecule has 1 aliphatic rings. The largest absolute Gasteiger partial charge is 0.312 e. The van der Waals surface area contributed by atoms with E-state index in [1.807, 2.05) is 5.38 Å². The van der Waals surface area contributed by atoms with Gasteiger partial charge in [0.1, 0.15) is 23.3 Å². The summed E-state index contributed by atoms with van der Waals surface area (Å²) in [6, 6.07) is 11.7. The Bertz CT molecular complexity index is 1370. The van der Waals surface area contributed by atoms with Gasteiger partial charge in [0.25, 0.3) is 0 Å². The Labute approximate surface area is 197 Å². The summed E-state index contributed by atoms with van der Waals surface area (Å²) in [5, 5.41) is 5.32. The maximum absolute atomic E-state index is 13.2. The quantitative estimate of drug-likeness (QED) is 0.455. The van der Waals surface area contributed by atoms with Gasteiger partial charge in [-0.1, -0.05) is 0 Å². The predicted molar refractivity (Wildman–Crippen MR) is 125 cm³/mol. The number of imidazole rings is 1. The first-order chi connectivity index (χ1) is 16.4. The average molecular weight is 480 g/mol. The second-order valence-electron chi connectivity index (χ2n) is 7.92. The van der Waals surface area contributed by atoms with Crippen LogP contribution in [0.5, 0.6) is 0 Å². The van der Waals surface area contributed by atoms with Crippen molar-refractivity contribution in [2.45, 2.75) is 13.3 Å². The van der Waals surface area contributed by atoms with Crippen molar-refractivity contribution in [3.8, 4) is 16.4 Å². The second kappa shape index (κ2) is 8.79. The van der Waals surface area contributed by atoms with Crippen molar-refractivity contribution in [1.29, 1.82) is 0 Å². The fourth-order valence-electron chi connectivity index (χ4n) is 3.88. The van der Waals surface area contributed by atoms with Crippen molar-refractivity contribution in [3.05, 3.63) is 77.6 Å². The number of amides is 2. The molecule has 0 aliphatic carbocycles. The summed E-state index contributed by atoms with van der Waals surface area (Å²) in [5.74, 6) is -0.709. The minimum absolute atomic E-state index is 0.0578. The number of thiazole rings is 1. The van der Waals surface area contributed by atoms with E-state index < -0.39 is 11.7 Å². The Morgan fingerprint density at radius 3 is 2.47 bits per heavy atom. The van der Waals surface area contributed by atoms with Gasteiger partial charge in [-0.25, -0.2) is 18.7 Å². The number of halogens is 2. The van der Waals surface area contributed by atoms with Gasteiger partial charge in [0.2, 0.25) is 11.8 Å². The van der Waals surface area contributed by atoms with Crippen molar-refractivity contribution in [3.63, 3.8) is 0 Å². The van der Waals surface area contributed by atoms with Crippen LogP contribution >= 0.6 is 11.3 Å². The molecule has 1 atom stereocenters. The van der Waals surface area contributed by atoms with Gasteiger partial charge in [-0.3, -0.25) is 14.2 Å². The summed E-state index contributed by atoms with van der Waals surface area (Å²) in [4.78, 5) is 35.9. The zero-order valence-corrected chi connectivity index (χ0v) is 18.9. The van der Waals surface area contributed by atoms with E-state index in [0.717, 1.165) is 5.56 Å². The minimum Gasteiger partial charge on any atom is -0.312 e. The van der Waals surface area contributed by atoms with Crippen molar-refractivity contribution < 1.29 is 18.4 Å². The van der Waals surface area contributed by atoms with E-state index in [0.29, 0.717) is 28.2 Å². The van der Waals surface area contributed by atoms with Gasteiger partial charge in [-0.2, -0.15) is 0 Å². The van der Waals surface area contributed by atoms with Crippen molar-refractivity contribution >= 4 is 34.7 Å². The monoisotopic (exact) mass is 479 g/mol. The first kappa shape index (κ1) is 21.9. The summed E-state index contributed by atoms with van der Waals surface area (Å²) >= 11 is 1.37. The lowest BCUT2D eigenvalue weighted by Gasteiger charge is -2.16. The Morgan fingerprint density at radius 1 is 1.09 bits per heavy atom. The lowest BCUT2D eigenvalue weighted by atomic mass is 10.1. The molecular weight excluding hydrogens is 460 g/mol. The highest BCUT2D eigenvalue weighted by Crippen LogP contribution is 2.29. The lowest BCUT2D eigenvalue weighted by molar-refractivity contribution is -0.122. The first-order valence-electron chi connectivity index (χ1n) is 10.5. The van der Waals surface area contributed by atoms with Gasteiger partial charge < -0.3 is 10.2 Å². The number of hydrogen-bond donors (Lipinski definition) is 1. The van der Waals surface area contributed by atoms with E-state index >= 15 is 0 Å². The number of rotatable bonds is 5. The summed E-state index contributed by atoms with van der Waals surface area (Å²) in [6.07, 6.45) is 1.60. The molecule has 0 saturated carbocycles. The van der Waals surface area contributed by atoms with Crippen molar-refractivity contribution in [2.24, 2.45) is 5.92 Å². The molecule has 172 valence electrons. The third-order valence-electron chi connectivity index (χ3n) is 5.65. The van der Waals surface area contributed by atoms with E-state index in [2.05, 4.69) is 15.3 Å². The number of aryl methyl sites for hydroxylation is 1. The molecule has 0 spiro atoms. The third kappa shape index (κ3) is 4.19. The molecule has 0 radical (unpaired) electrons. The number of benzene rings is 2.